The Morgan fingerprint density at radius 1 is 1.13 bits per heavy atom. The largest absolute Gasteiger partial charge is 0.478 e. The molecule has 5 rings (SSSR count). The van der Waals surface area contributed by atoms with Gasteiger partial charge in [0.1, 0.15) is 5.82 Å². The van der Waals surface area contributed by atoms with E-state index in [1.165, 1.54) is 12.8 Å². The van der Waals surface area contributed by atoms with Crippen LogP contribution < -0.4 is 10.0 Å². The molecule has 0 amide bonds. The van der Waals surface area contributed by atoms with Crippen LogP contribution in [0.4, 0.5) is 11.8 Å². The maximum absolute atomic E-state index is 12.7. The lowest BCUT2D eigenvalue weighted by molar-refractivity contribution is -0.0678. The Morgan fingerprint density at radius 2 is 1.89 bits per heavy atom. The highest BCUT2D eigenvalue weighted by Gasteiger charge is 2.46. The van der Waals surface area contributed by atoms with Gasteiger partial charge in [0.15, 0.2) is 0 Å². The molecule has 2 N–H and O–H groups in total. The number of nitrogens with one attached hydrogen (secondary N) is 2. The Kier molecular flexibility index (Phi) is 10.1. The van der Waals surface area contributed by atoms with Gasteiger partial charge in [-0.15, -0.1) is 0 Å². The van der Waals surface area contributed by atoms with Crippen LogP contribution in [0.3, 0.4) is 0 Å². The Balaban J connectivity index is 1.37. The summed E-state index contributed by atoms with van der Waals surface area (Å²) in [6.07, 6.45) is 15.0. The van der Waals surface area contributed by atoms with Crippen molar-refractivity contribution in [2.75, 3.05) is 23.3 Å². The Labute approximate surface area is 267 Å². The van der Waals surface area contributed by atoms with Crippen LogP contribution in [-0.2, 0) is 24.9 Å². The highest BCUT2D eigenvalue weighted by molar-refractivity contribution is 7.93. The SMILES string of the molecule is C=C/C(=N\C(=C/C)OCC)c1ccc(NC(=C)C2(c3ccnc(NS(=O)(=O)C4CC4)n3)CCC(C)(OCCC3CC3)CC2)nc1. The average molecular weight is 635 g/mol. The third-order valence-electron chi connectivity index (χ3n) is 9.06. The number of hydrogen-bond acceptors (Lipinski definition) is 9. The van der Waals surface area contributed by atoms with Crippen LogP contribution in [0, 0.1) is 5.92 Å². The number of nitrogens with zero attached hydrogens (tertiary/aromatic N) is 4. The number of allylic oxidation sites excluding steroid dienone is 3. The minimum absolute atomic E-state index is 0.0897. The van der Waals surface area contributed by atoms with Gasteiger partial charge in [-0.2, -0.15) is 0 Å². The van der Waals surface area contributed by atoms with E-state index in [1.54, 1.807) is 18.5 Å². The van der Waals surface area contributed by atoms with Gasteiger partial charge in [0.25, 0.3) is 0 Å². The minimum Gasteiger partial charge on any atom is -0.478 e. The van der Waals surface area contributed by atoms with Gasteiger partial charge in [0.05, 0.1) is 34.3 Å². The predicted molar refractivity (Wildman–Crippen MR) is 179 cm³/mol. The summed E-state index contributed by atoms with van der Waals surface area (Å²) in [5.41, 5.74) is 2.08. The van der Waals surface area contributed by atoms with E-state index in [2.05, 4.69) is 45.1 Å². The van der Waals surface area contributed by atoms with Gasteiger partial charge >= 0.3 is 0 Å². The third-order valence-corrected chi connectivity index (χ3v) is 10.9. The van der Waals surface area contributed by atoms with Crippen molar-refractivity contribution < 1.29 is 17.9 Å². The van der Waals surface area contributed by atoms with Gasteiger partial charge in [-0.3, -0.25) is 4.72 Å². The average Bonchev–Trinajstić information content (AvgIpc) is 3.95. The molecular formula is C34H46N6O4S. The molecule has 0 atom stereocenters. The van der Waals surface area contributed by atoms with Crippen molar-refractivity contribution in [2.24, 2.45) is 10.9 Å². The zero-order chi connectivity index (χ0) is 32.1. The summed E-state index contributed by atoms with van der Waals surface area (Å²) >= 11 is 0. The predicted octanol–water partition coefficient (Wildman–Crippen LogP) is 6.66. The van der Waals surface area contributed by atoms with E-state index < -0.39 is 15.4 Å². The number of ether oxygens (including phenoxy) is 2. The van der Waals surface area contributed by atoms with Crippen molar-refractivity contribution in [3.63, 3.8) is 0 Å². The summed E-state index contributed by atoms with van der Waals surface area (Å²) in [6.45, 7) is 15.7. The number of aliphatic imine (C=N–C) groups is 1. The normalized spacial score (nSPS) is 24.2. The van der Waals surface area contributed by atoms with E-state index in [-0.39, 0.29) is 16.8 Å². The van der Waals surface area contributed by atoms with Gasteiger partial charge in [0, 0.05) is 30.3 Å². The summed E-state index contributed by atoms with van der Waals surface area (Å²) < 4.78 is 40.0. The molecule has 0 radical (unpaired) electrons. The zero-order valence-electron chi connectivity index (χ0n) is 26.7. The maximum atomic E-state index is 12.7. The van der Waals surface area contributed by atoms with E-state index in [1.807, 2.05) is 38.1 Å². The minimum atomic E-state index is -3.50. The van der Waals surface area contributed by atoms with Crippen molar-refractivity contribution in [2.45, 2.75) is 94.8 Å². The summed E-state index contributed by atoms with van der Waals surface area (Å²) in [5, 5.41) is 3.08. The Morgan fingerprint density at radius 3 is 2.49 bits per heavy atom. The number of pyridine rings is 1. The summed E-state index contributed by atoms with van der Waals surface area (Å²) in [4.78, 5) is 18.2. The van der Waals surface area contributed by atoms with Gasteiger partial charge in [0.2, 0.25) is 21.9 Å². The molecule has 0 unspecified atom stereocenters. The molecule has 0 bridgehead atoms. The molecule has 2 heterocycles. The molecule has 0 saturated heterocycles. The summed E-state index contributed by atoms with van der Waals surface area (Å²) in [7, 11) is -3.50. The van der Waals surface area contributed by atoms with Crippen molar-refractivity contribution in [1.29, 1.82) is 0 Å². The molecule has 0 spiro atoms. The molecule has 3 saturated carbocycles. The molecule has 45 heavy (non-hydrogen) atoms. The maximum Gasteiger partial charge on any atom is 0.237 e. The Bertz CT molecular complexity index is 1540. The number of rotatable bonds is 16. The summed E-state index contributed by atoms with van der Waals surface area (Å²) in [6, 6.07) is 5.67. The quantitative estimate of drug-likeness (QED) is 0.155. The van der Waals surface area contributed by atoms with E-state index in [0.29, 0.717) is 36.9 Å². The standard InChI is InChI=1S/C34H46N6O4S/c1-6-28(38-31(7-2)43-8-3)26-11-14-30(36-23-26)37-24(4)34(19-17-33(5,18-20-34)44-22-16-25-9-10-25)29-15-21-35-32(39-29)40-45(41,42)27-12-13-27/h6-7,11,14-15,21,23,25,27H,1,4,8-10,12-13,16-20,22H2,2-3,5H3,(H,36,37)(H,35,39,40)/b31-7+,38-28+. The molecule has 3 aliphatic carbocycles. The zero-order valence-corrected chi connectivity index (χ0v) is 27.5. The highest BCUT2D eigenvalue weighted by Crippen LogP contribution is 2.48. The van der Waals surface area contributed by atoms with Crippen molar-refractivity contribution in [1.82, 2.24) is 15.0 Å². The lowest BCUT2D eigenvalue weighted by Crippen LogP contribution is -2.44. The smallest absolute Gasteiger partial charge is 0.237 e. The van der Waals surface area contributed by atoms with Crippen LogP contribution in [0.15, 0.2) is 72.5 Å². The van der Waals surface area contributed by atoms with Gasteiger partial charge in [-0.25, -0.2) is 28.4 Å². The number of sulfonamides is 1. The first-order valence-corrected chi connectivity index (χ1v) is 17.6. The lowest BCUT2D eigenvalue weighted by Gasteiger charge is -2.45. The van der Waals surface area contributed by atoms with E-state index in [0.717, 1.165) is 61.6 Å². The molecule has 0 aromatic carbocycles. The number of anilines is 2. The number of aromatic nitrogens is 3. The van der Waals surface area contributed by atoms with Gasteiger partial charge < -0.3 is 14.8 Å². The van der Waals surface area contributed by atoms with Crippen molar-refractivity contribution >= 4 is 27.5 Å². The monoisotopic (exact) mass is 634 g/mol. The fourth-order valence-electron chi connectivity index (χ4n) is 5.77. The molecular weight excluding hydrogens is 588 g/mol. The second-order valence-electron chi connectivity index (χ2n) is 12.5. The topological polar surface area (TPSA) is 128 Å². The first kappa shape index (κ1) is 32.8. The first-order valence-electron chi connectivity index (χ1n) is 16.0. The van der Waals surface area contributed by atoms with Crippen LogP contribution in [0.2, 0.25) is 0 Å². The van der Waals surface area contributed by atoms with Crippen molar-refractivity contribution in [3.05, 3.63) is 78.7 Å². The fraction of sp³-hybridized carbons (Fsp3) is 0.529. The van der Waals surface area contributed by atoms with Gasteiger partial charge in [-0.1, -0.05) is 26.0 Å². The van der Waals surface area contributed by atoms with Gasteiger partial charge in [-0.05, 0) is 102 Å². The first-order chi connectivity index (χ1) is 21.6. The lowest BCUT2D eigenvalue weighted by atomic mass is 9.65. The number of hydrogen-bond donors (Lipinski definition) is 2. The van der Waals surface area contributed by atoms with E-state index in [4.69, 9.17) is 14.5 Å². The second kappa shape index (κ2) is 13.8. The molecule has 2 aromatic rings. The second-order valence-corrected chi connectivity index (χ2v) is 14.5. The van der Waals surface area contributed by atoms with Crippen molar-refractivity contribution in [3.8, 4) is 0 Å². The molecule has 10 nitrogen and oxygen atoms in total. The molecule has 11 heteroatoms. The van der Waals surface area contributed by atoms with E-state index in [9.17, 15) is 8.42 Å². The summed E-state index contributed by atoms with van der Waals surface area (Å²) in [5.74, 6) is 2.06. The van der Waals surface area contributed by atoms with E-state index >= 15 is 0 Å². The molecule has 242 valence electrons. The Hall–Kier alpha value is -3.57. The third kappa shape index (κ3) is 8.18. The highest BCUT2D eigenvalue weighted by atomic mass is 32.2. The van der Waals surface area contributed by atoms with Crippen LogP contribution in [0.1, 0.15) is 89.8 Å². The van der Waals surface area contributed by atoms with Crippen LogP contribution >= 0.6 is 0 Å². The molecule has 3 fully saturated rings. The van der Waals surface area contributed by atoms with Crippen LogP contribution in [0.5, 0.6) is 0 Å². The molecule has 0 aliphatic heterocycles. The fourth-order valence-corrected chi connectivity index (χ4v) is 7.05. The molecule has 3 aliphatic rings. The van der Waals surface area contributed by atoms with Crippen LogP contribution in [-0.4, -0.2) is 53.1 Å². The van der Waals surface area contributed by atoms with Crippen LogP contribution in [0.25, 0.3) is 0 Å². The molecule has 2 aromatic heterocycles.